The lowest BCUT2D eigenvalue weighted by molar-refractivity contribution is 0.789. The highest BCUT2D eigenvalue weighted by Gasteiger charge is 2.31. The minimum Gasteiger partial charge on any atom is -0.398 e. The lowest BCUT2D eigenvalue weighted by atomic mass is 10.1. The Morgan fingerprint density at radius 3 is 2.78 bits per heavy atom. The number of thiazole rings is 1. The summed E-state index contributed by atoms with van der Waals surface area (Å²) < 4.78 is 0. The maximum atomic E-state index is 6.03. The molecule has 1 aromatic heterocycles. The van der Waals surface area contributed by atoms with Crippen molar-refractivity contribution in [2.24, 2.45) is 0 Å². The zero-order chi connectivity index (χ0) is 12.5. The van der Waals surface area contributed by atoms with Gasteiger partial charge < -0.3 is 10.6 Å². The van der Waals surface area contributed by atoms with Gasteiger partial charge in [0, 0.05) is 23.7 Å². The van der Waals surface area contributed by atoms with Crippen molar-refractivity contribution in [2.75, 3.05) is 10.6 Å². The minimum atomic E-state index is 0.648. The van der Waals surface area contributed by atoms with Crippen LogP contribution in [-0.2, 0) is 6.54 Å². The van der Waals surface area contributed by atoms with Gasteiger partial charge in [-0.25, -0.2) is 4.98 Å². The third kappa shape index (κ3) is 2.34. The van der Waals surface area contributed by atoms with Gasteiger partial charge in [0.25, 0.3) is 0 Å². The van der Waals surface area contributed by atoms with Gasteiger partial charge in [-0.1, -0.05) is 18.2 Å². The summed E-state index contributed by atoms with van der Waals surface area (Å²) in [5, 5.41) is 3.23. The molecule has 4 heteroatoms. The van der Waals surface area contributed by atoms with E-state index in [-0.39, 0.29) is 0 Å². The van der Waals surface area contributed by atoms with Crippen molar-refractivity contribution < 1.29 is 0 Å². The van der Waals surface area contributed by atoms with E-state index < -0.39 is 0 Å². The van der Waals surface area contributed by atoms with Crippen LogP contribution in [0.4, 0.5) is 10.8 Å². The van der Waals surface area contributed by atoms with Crippen molar-refractivity contribution in [2.45, 2.75) is 32.4 Å². The van der Waals surface area contributed by atoms with Crippen LogP contribution in [0.15, 0.2) is 29.6 Å². The fourth-order valence-electron chi connectivity index (χ4n) is 2.07. The summed E-state index contributed by atoms with van der Waals surface area (Å²) in [5.74, 6) is 0. The predicted octanol–water partition coefficient (Wildman–Crippen LogP) is 3.20. The molecule has 0 saturated heterocycles. The standard InChI is InChI=1S/C14H17N3S/c1-10-9-18-14(16-10)17(12-6-7-12)8-11-4-2-3-5-13(11)15/h2-5,9,12H,6-8,15H2,1H3. The summed E-state index contributed by atoms with van der Waals surface area (Å²) in [6.45, 7) is 2.91. The highest BCUT2D eigenvalue weighted by Crippen LogP contribution is 2.35. The van der Waals surface area contributed by atoms with Gasteiger partial charge in [-0.05, 0) is 31.4 Å². The molecule has 18 heavy (non-hydrogen) atoms. The number of nitrogen functional groups attached to an aromatic ring is 1. The molecule has 1 saturated carbocycles. The number of rotatable bonds is 4. The van der Waals surface area contributed by atoms with Gasteiger partial charge in [0.05, 0.1) is 5.69 Å². The number of anilines is 2. The number of nitrogens with zero attached hydrogens (tertiary/aromatic N) is 2. The predicted molar refractivity (Wildman–Crippen MR) is 76.9 cm³/mol. The Kier molecular flexibility index (Phi) is 2.96. The van der Waals surface area contributed by atoms with Crippen molar-refractivity contribution in [3.63, 3.8) is 0 Å². The summed E-state index contributed by atoms with van der Waals surface area (Å²) in [5.41, 5.74) is 9.19. The number of aromatic nitrogens is 1. The molecule has 1 heterocycles. The van der Waals surface area contributed by atoms with Crippen LogP contribution in [0, 0.1) is 6.92 Å². The van der Waals surface area contributed by atoms with Crippen LogP contribution in [0.5, 0.6) is 0 Å². The van der Waals surface area contributed by atoms with E-state index in [9.17, 15) is 0 Å². The van der Waals surface area contributed by atoms with E-state index in [0.717, 1.165) is 23.1 Å². The van der Waals surface area contributed by atoms with E-state index in [1.165, 1.54) is 18.4 Å². The van der Waals surface area contributed by atoms with Crippen molar-refractivity contribution >= 4 is 22.2 Å². The van der Waals surface area contributed by atoms with E-state index in [4.69, 9.17) is 5.73 Å². The largest absolute Gasteiger partial charge is 0.398 e. The van der Waals surface area contributed by atoms with Crippen LogP contribution >= 0.6 is 11.3 Å². The normalized spacial score (nSPS) is 14.7. The maximum Gasteiger partial charge on any atom is 0.186 e. The molecule has 94 valence electrons. The van der Waals surface area contributed by atoms with Crippen LogP contribution in [0.1, 0.15) is 24.1 Å². The highest BCUT2D eigenvalue weighted by molar-refractivity contribution is 7.13. The van der Waals surface area contributed by atoms with Crippen molar-refractivity contribution in [1.82, 2.24) is 4.98 Å². The summed E-state index contributed by atoms with van der Waals surface area (Å²) in [6.07, 6.45) is 2.54. The van der Waals surface area contributed by atoms with Crippen LogP contribution in [-0.4, -0.2) is 11.0 Å². The molecule has 0 bridgehead atoms. The molecule has 1 fully saturated rings. The molecule has 0 spiro atoms. The quantitative estimate of drug-likeness (QED) is 0.857. The number of nitrogens with two attached hydrogens (primary N) is 1. The lowest BCUT2D eigenvalue weighted by Gasteiger charge is -2.22. The first-order chi connectivity index (χ1) is 8.74. The molecule has 3 nitrogen and oxygen atoms in total. The number of hydrogen-bond acceptors (Lipinski definition) is 4. The van der Waals surface area contributed by atoms with Crippen LogP contribution in [0.25, 0.3) is 0 Å². The molecule has 2 aromatic rings. The van der Waals surface area contributed by atoms with Crippen LogP contribution in [0.3, 0.4) is 0 Å². The van der Waals surface area contributed by atoms with Gasteiger partial charge in [0.15, 0.2) is 5.13 Å². The van der Waals surface area contributed by atoms with Crippen molar-refractivity contribution in [3.8, 4) is 0 Å². The Balaban J connectivity index is 1.85. The molecule has 1 aromatic carbocycles. The number of aryl methyl sites for hydroxylation is 1. The zero-order valence-corrected chi connectivity index (χ0v) is 11.3. The summed E-state index contributed by atoms with van der Waals surface area (Å²) >= 11 is 1.73. The van der Waals surface area contributed by atoms with E-state index in [0.29, 0.717) is 6.04 Å². The Morgan fingerprint density at radius 2 is 2.17 bits per heavy atom. The zero-order valence-electron chi connectivity index (χ0n) is 10.5. The third-order valence-electron chi connectivity index (χ3n) is 3.24. The molecule has 1 aliphatic carbocycles. The van der Waals surface area contributed by atoms with Crippen molar-refractivity contribution in [1.29, 1.82) is 0 Å². The highest BCUT2D eigenvalue weighted by atomic mass is 32.1. The number of para-hydroxylation sites is 1. The molecule has 1 aliphatic rings. The number of hydrogen-bond donors (Lipinski definition) is 1. The van der Waals surface area contributed by atoms with E-state index >= 15 is 0 Å². The Hall–Kier alpha value is -1.55. The smallest absolute Gasteiger partial charge is 0.186 e. The molecule has 0 amide bonds. The van der Waals surface area contributed by atoms with E-state index in [2.05, 4.69) is 21.3 Å². The third-order valence-corrected chi connectivity index (χ3v) is 4.23. The first-order valence-corrected chi connectivity index (χ1v) is 7.14. The molecular formula is C14H17N3S. The van der Waals surface area contributed by atoms with Gasteiger partial charge in [-0.15, -0.1) is 11.3 Å². The maximum absolute atomic E-state index is 6.03. The summed E-state index contributed by atoms with van der Waals surface area (Å²) in [4.78, 5) is 6.99. The molecular weight excluding hydrogens is 242 g/mol. The van der Waals surface area contributed by atoms with Gasteiger partial charge in [0.1, 0.15) is 0 Å². The summed E-state index contributed by atoms with van der Waals surface area (Å²) in [6, 6.07) is 8.74. The number of benzene rings is 1. The molecule has 0 radical (unpaired) electrons. The van der Waals surface area contributed by atoms with Gasteiger partial charge >= 0.3 is 0 Å². The Bertz CT molecular complexity index is 545. The lowest BCUT2D eigenvalue weighted by Crippen LogP contribution is -2.25. The monoisotopic (exact) mass is 259 g/mol. The molecule has 3 rings (SSSR count). The molecule has 0 unspecified atom stereocenters. The second-order valence-corrected chi connectivity index (χ2v) is 5.67. The topological polar surface area (TPSA) is 42.1 Å². The first-order valence-electron chi connectivity index (χ1n) is 6.26. The Morgan fingerprint density at radius 1 is 1.39 bits per heavy atom. The molecule has 0 aliphatic heterocycles. The second-order valence-electron chi connectivity index (χ2n) is 4.83. The minimum absolute atomic E-state index is 0.648. The van der Waals surface area contributed by atoms with Gasteiger partial charge in [-0.3, -0.25) is 0 Å². The first kappa shape index (κ1) is 11.5. The van der Waals surface area contributed by atoms with Gasteiger partial charge in [-0.2, -0.15) is 0 Å². The SMILES string of the molecule is Cc1csc(N(Cc2ccccc2N)C2CC2)n1. The molecule has 0 atom stereocenters. The average molecular weight is 259 g/mol. The fraction of sp³-hybridized carbons (Fsp3) is 0.357. The van der Waals surface area contributed by atoms with Crippen LogP contribution < -0.4 is 10.6 Å². The average Bonchev–Trinajstić information content (AvgIpc) is 3.11. The Labute approximate surface area is 111 Å². The summed E-state index contributed by atoms with van der Waals surface area (Å²) in [7, 11) is 0. The van der Waals surface area contributed by atoms with Gasteiger partial charge in [0.2, 0.25) is 0 Å². The van der Waals surface area contributed by atoms with Crippen molar-refractivity contribution in [3.05, 3.63) is 40.9 Å². The van der Waals surface area contributed by atoms with Crippen LogP contribution in [0.2, 0.25) is 0 Å². The second kappa shape index (κ2) is 4.61. The molecule has 2 N–H and O–H groups in total. The fourth-order valence-corrected chi connectivity index (χ4v) is 2.95. The van der Waals surface area contributed by atoms with E-state index in [1.54, 1.807) is 11.3 Å². The van der Waals surface area contributed by atoms with E-state index in [1.807, 2.05) is 25.1 Å².